The van der Waals surface area contributed by atoms with E-state index in [1.807, 2.05) is 0 Å². The van der Waals surface area contributed by atoms with Crippen molar-refractivity contribution in [1.82, 2.24) is 14.8 Å². The number of rotatable bonds is 4. The molecule has 1 unspecified atom stereocenters. The molecule has 19 heavy (non-hydrogen) atoms. The molecule has 3 rings (SSSR count). The van der Waals surface area contributed by atoms with Crippen LogP contribution in [0.3, 0.4) is 0 Å². The fourth-order valence-corrected chi connectivity index (χ4v) is 2.85. The Morgan fingerprint density at radius 2 is 2.26 bits per heavy atom. The Bertz CT molecular complexity index is 426. The molecule has 1 fully saturated rings. The van der Waals surface area contributed by atoms with Gasteiger partial charge in [-0.15, -0.1) is 10.2 Å². The first-order valence-corrected chi connectivity index (χ1v) is 7.16. The zero-order chi connectivity index (χ0) is 13.1. The summed E-state index contributed by atoms with van der Waals surface area (Å²) in [5.41, 5.74) is 5.53. The van der Waals surface area contributed by atoms with Crippen LogP contribution in [0.15, 0.2) is 0 Å². The standard InChI is InChI=1S/C13H22N4O2/c14-9-13(5-3-7-18-10-13)19-8-12-16-15-11-4-1-2-6-17(11)12/h1-10,14H2. The quantitative estimate of drug-likeness (QED) is 0.865. The van der Waals surface area contributed by atoms with E-state index in [0.717, 1.165) is 44.1 Å². The summed E-state index contributed by atoms with van der Waals surface area (Å²) >= 11 is 0. The summed E-state index contributed by atoms with van der Waals surface area (Å²) in [6.45, 7) is 3.38. The molecule has 1 aromatic heterocycles. The van der Waals surface area contributed by atoms with Crippen LogP contribution in [0.5, 0.6) is 0 Å². The van der Waals surface area contributed by atoms with Gasteiger partial charge in [0.1, 0.15) is 18.0 Å². The topological polar surface area (TPSA) is 75.2 Å². The maximum atomic E-state index is 6.06. The van der Waals surface area contributed by atoms with E-state index in [1.165, 1.54) is 12.8 Å². The highest BCUT2D eigenvalue weighted by Gasteiger charge is 2.33. The van der Waals surface area contributed by atoms with Gasteiger partial charge < -0.3 is 19.8 Å². The highest BCUT2D eigenvalue weighted by molar-refractivity contribution is 4.98. The average molecular weight is 266 g/mol. The van der Waals surface area contributed by atoms with E-state index >= 15 is 0 Å². The first-order chi connectivity index (χ1) is 9.33. The van der Waals surface area contributed by atoms with Crippen molar-refractivity contribution in [2.24, 2.45) is 5.73 Å². The Balaban J connectivity index is 1.66. The van der Waals surface area contributed by atoms with Gasteiger partial charge in [-0.3, -0.25) is 0 Å². The molecule has 1 atom stereocenters. The average Bonchev–Trinajstić information content (AvgIpc) is 2.89. The van der Waals surface area contributed by atoms with E-state index in [1.54, 1.807) is 0 Å². The fraction of sp³-hybridized carbons (Fsp3) is 0.846. The molecule has 6 nitrogen and oxygen atoms in total. The van der Waals surface area contributed by atoms with Crippen molar-refractivity contribution in [1.29, 1.82) is 0 Å². The Labute approximate surface area is 113 Å². The third kappa shape index (κ3) is 2.66. The molecule has 1 saturated heterocycles. The second kappa shape index (κ2) is 5.56. The van der Waals surface area contributed by atoms with Crippen LogP contribution < -0.4 is 5.73 Å². The zero-order valence-electron chi connectivity index (χ0n) is 11.3. The van der Waals surface area contributed by atoms with E-state index < -0.39 is 0 Å². The lowest BCUT2D eigenvalue weighted by Crippen LogP contribution is -2.47. The monoisotopic (exact) mass is 266 g/mol. The summed E-state index contributed by atoms with van der Waals surface area (Å²) in [5.74, 6) is 2.01. The van der Waals surface area contributed by atoms with Crippen LogP contribution in [0.25, 0.3) is 0 Å². The number of hydrogen-bond acceptors (Lipinski definition) is 5. The predicted octanol–water partition coefficient (Wildman–Crippen LogP) is 0.639. The van der Waals surface area contributed by atoms with Crippen molar-refractivity contribution in [2.75, 3.05) is 19.8 Å². The van der Waals surface area contributed by atoms with Gasteiger partial charge >= 0.3 is 0 Å². The maximum absolute atomic E-state index is 6.06. The summed E-state index contributed by atoms with van der Waals surface area (Å²) in [5, 5.41) is 8.49. The molecule has 2 aliphatic rings. The Hall–Kier alpha value is -0.980. The molecule has 0 saturated carbocycles. The third-order valence-electron chi connectivity index (χ3n) is 4.10. The van der Waals surface area contributed by atoms with E-state index in [0.29, 0.717) is 19.8 Å². The molecule has 0 radical (unpaired) electrons. The van der Waals surface area contributed by atoms with Gasteiger partial charge in [0.05, 0.1) is 6.61 Å². The number of nitrogens with zero attached hydrogens (tertiary/aromatic N) is 3. The smallest absolute Gasteiger partial charge is 0.159 e. The van der Waals surface area contributed by atoms with Crippen LogP contribution in [0.2, 0.25) is 0 Å². The molecule has 1 aromatic rings. The van der Waals surface area contributed by atoms with Crippen molar-refractivity contribution >= 4 is 0 Å². The molecule has 0 spiro atoms. The van der Waals surface area contributed by atoms with Crippen molar-refractivity contribution in [3.8, 4) is 0 Å². The van der Waals surface area contributed by atoms with Crippen LogP contribution in [0, 0.1) is 0 Å². The van der Waals surface area contributed by atoms with Gasteiger partial charge in [-0.05, 0) is 25.7 Å². The van der Waals surface area contributed by atoms with E-state index in [9.17, 15) is 0 Å². The Morgan fingerprint density at radius 3 is 3.05 bits per heavy atom. The van der Waals surface area contributed by atoms with Crippen molar-refractivity contribution in [2.45, 2.75) is 50.9 Å². The van der Waals surface area contributed by atoms with Crippen molar-refractivity contribution in [3.63, 3.8) is 0 Å². The summed E-state index contributed by atoms with van der Waals surface area (Å²) < 4.78 is 13.8. The lowest BCUT2D eigenvalue weighted by molar-refractivity contribution is -0.132. The summed E-state index contributed by atoms with van der Waals surface area (Å²) in [6.07, 6.45) is 5.40. The summed E-state index contributed by atoms with van der Waals surface area (Å²) in [7, 11) is 0. The summed E-state index contributed by atoms with van der Waals surface area (Å²) in [6, 6.07) is 0. The van der Waals surface area contributed by atoms with Gasteiger partial charge in [0.25, 0.3) is 0 Å². The lowest BCUT2D eigenvalue weighted by Gasteiger charge is -2.35. The molecule has 0 bridgehead atoms. The normalized spacial score (nSPS) is 27.2. The first-order valence-electron chi connectivity index (χ1n) is 7.16. The largest absolute Gasteiger partial charge is 0.378 e. The molecule has 0 aliphatic carbocycles. The van der Waals surface area contributed by atoms with Gasteiger partial charge in [-0.1, -0.05) is 0 Å². The SMILES string of the molecule is NCC1(OCc2nnc3n2CCCC3)CCCOC1. The minimum Gasteiger partial charge on any atom is -0.378 e. The summed E-state index contributed by atoms with van der Waals surface area (Å²) in [4.78, 5) is 0. The number of nitrogens with two attached hydrogens (primary N) is 1. The first kappa shape index (κ1) is 13.0. The van der Waals surface area contributed by atoms with E-state index in [-0.39, 0.29) is 5.60 Å². The van der Waals surface area contributed by atoms with Gasteiger partial charge in [0.2, 0.25) is 0 Å². The van der Waals surface area contributed by atoms with Crippen molar-refractivity contribution in [3.05, 3.63) is 11.6 Å². The van der Waals surface area contributed by atoms with Crippen LogP contribution in [-0.4, -0.2) is 40.1 Å². The van der Waals surface area contributed by atoms with Crippen LogP contribution in [0.4, 0.5) is 0 Å². The molecule has 6 heteroatoms. The maximum Gasteiger partial charge on any atom is 0.159 e. The van der Waals surface area contributed by atoms with Gasteiger partial charge in [0.15, 0.2) is 5.82 Å². The Kier molecular flexibility index (Phi) is 3.81. The fourth-order valence-electron chi connectivity index (χ4n) is 2.85. The Morgan fingerprint density at radius 1 is 1.32 bits per heavy atom. The molecule has 0 aromatic carbocycles. The van der Waals surface area contributed by atoms with E-state index in [2.05, 4.69) is 14.8 Å². The highest BCUT2D eigenvalue weighted by atomic mass is 16.5. The van der Waals surface area contributed by atoms with E-state index in [4.69, 9.17) is 15.2 Å². The van der Waals surface area contributed by atoms with Gasteiger partial charge in [-0.2, -0.15) is 0 Å². The van der Waals surface area contributed by atoms with Gasteiger partial charge in [0, 0.05) is 26.1 Å². The number of aromatic nitrogens is 3. The minimum absolute atomic E-state index is 0.334. The van der Waals surface area contributed by atoms with Crippen LogP contribution in [-0.2, 0) is 29.0 Å². The molecular formula is C13H22N4O2. The lowest BCUT2D eigenvalue weighted by atomic mass is 9.96. The molecule has 2 N–H and O–H groups in total. The molecule has 0 amide bonds. The highest BCUT2D eigenvalue weighted by Crippen LogP contribution is 2.24. The molecule has 3 heterocycles. The van der Waals surface area contributed by atoms with Gasteiger partial charge in [-0.25, -0.2) is 0 Å². The molecule has 106 valence electrons. The van der Waals surface area contributed by atoms with Crippen molar-refractivity contribution < 1.29 is 9.47 Å². The van der Waals surface area contributed by atoms with Crippen LogP contribution >= 0.6 is 0 Å². The minimum atomic E-state index is -0.334. The molecular weight excluding hydrogens is 244 g/mol. The number of aryl methyl sites for hydroxylation is 1. The van der Waals surface area contributed by atoms with Crippen LogP contribution in [0.1, 0.15) is 37.3 Å². The molecule has 2 aliphatic heterocycles. The number of fused-ring (bicyclic) bond motifs is 1. The predicted molar refractivity (Wildman–Crippen MR) is 69.6 cm³/mol. The second-order valence-corrected chi connectivity index (χ2v) is 5.47. The zero-order valence-corrected chi connectivity index (χ0v) is 11.3. The second-order valence-electron chi connectivity index (χ2n) is 5.47. The third-order valence-corrected chi connectivity index (χ3v) is 4.10. The number of ether oxygens (including phenoxy) is 2. The number of hydrogen-bond donors (Lipinski definition) is 1.